The summed E-state index contributed by atoms with van der Waals surface area (Å²) in [6.07, 6.45) is 0. The molecule has 0 amide bonds. The summed E-state index contributed by atoms with van der Waals surface area (Å²) in [7, 11) is 0. The number of benzene rings is 1. The van der Waals surface area contributed by atoms with Crippen LogP contribution in [0.5, 0.6) is 0 Å². The van der Waals surface area contributed by atoms with Crippen LogP contribution < -0.4 is 10.2 Å². The van der Waals surface area contributed by atoms with E-state index in [0.717, 1.165) is 30.9 Å². The molecule has 1 aliphatic rings. The van der Waals surface area contributed by atoms with Crippen LogP contribution >= 0.6 is 0 Å². The van der Waals surface area contributed by atoms with Gasteiger partial charge in [-0.05, 0) is 26.0 Å². The summed E-state index contributed by atoms with van der Waals surface area (Å²) in [5, 5.41) is 3.33. The Hall–Kier alpha value is -1.09. The molecular weight excluding hydrogens is 191 g/mol. The van der Waals surface area contributed by atoms with Crippen LogP contribution in [-0.4, -0.2) is 25.7 Å². The van der Waals surface area contributed by atoms with Gasteiger partial charge in [0, 0.05) is 36.9 Å². The number of piperazine rings is 1. The van der Waals surface area contributed by atoms with E-state index in [-0.39, 0.29) is 5.82 Å². The highest BCUT2D eigenvalue weighted by atomic mass is 19.1. The number of rotatable bonds is 1. The van der Waals surface area contributed by atoms with Crippen molar-refractivity contribution in [2.24, 2.45) is 0 Å². The van der Waals surface area contributed by atoms with E-state index in [0.29, 0.717) is 6.04 Å². The van der Waals surface area contributed by atoms with Gasteiger partial charge in [-0.15, -0.1) is 0 Å². The maximum Gasteiger partial charge on any atom is 0.128 e. The SMILES string of the molecule is Cc1c(F)cccc1N1CCNCC1C. The predicted octanol–water partition coefficient (Wildman–Crippen LogP) is 1.93. The Labute approximate surface area is 90.1 Å². The second kappa shape index (κ2) is 4.19. The van der Waals surface area contributed by atoms with Crippen molar-refractivity contribution in [2.45, 2.75) is 19.9 Å². The second-order valence-corrected chi connectivity index (χ2v) is 4.13. The molecule has 3 heteroatoms. The Bertz CT molecular complexity index is 351. The van der Waals surface area contributed by atoms with Crippen molar-refractivity contribution in [2.75, 3.05) is 24.5 Å². The van der Waals surface area contributed by atoms with Gasteiger partial charge >= 0.3 is 0 Å². The van der Waals surface area contributed by atoms with Crippen molar-refractivity contribution in [3.8, 4) is 0 Å². The molecule has 0 spiro atoms. The summed E-state index contributed by atoms with van der Waals surface area (Å²) in [6.45, 7) is 6.90. The normalized spacial score (nSPS) is 21.8. The van der Waals surface area contributed by atoms with Crippen LogP contribution in [-0.2, 0) is 0 Å². The van der Waals surface area contributed by atoms with E-state index < -0.39 is 0 Å². The fourth-order valence-electron chi connectivity index (χ4n) is 2.11. The van der Waals surface area contributed by atoms with Crippen LogP contribution in [0.3, 0.4) is 0 Å². The first-order valence-corrected chi connectivity index (χ1v) is 5.42. The molecule has 0 bridgehead atoms. The van der Waals surface area contributed by atoms with Gasteiger partial charge in [0.25, 0.3) is 0 Å². The monoisotopic (exact) mass is 208 g/mol. The molecule has 1 aromatic carbocycles. The summed E-state index contributed by atoms with van der Waals surface area (Å²) in [6, 6.07) is 5.73. The molecule has 1 atom stereocenters. The van der Waals surface area contributed by atoms with Crippen molar-refractivity contribution in [3.05, 3.63) is 29.6 Å². The van der Waals surface area contributed by atoms with Crippen LogP contribution in [0.25, 0.3) is 0 Å². The Morgan fingerprint density at radius 3 is 3.00 bits per heavy atom. The van der Waals surface area contributed by atoms with Gasteiger partial charge in [0.1, 0.15) is 5.82 Å². The Morgan fingerprint density at radius 2 is 2.27 bits per heavy atom. The lowest BCUT2D eigenvalue weighted by Crippen LogP contribution is -2.50. The van der Waals surface area contributed by atoms with Gasteiger partial charge in [0.05, 0.1) is 0 Å². The van der Waals surface area contributed by atoms with Crippen molar-refractivity contribution in [1.29, 1.82) is 0 Å². The highest BCUT2D eigenvalue weighted by molar-refractivity contribution is 5.54. The van der Waals surface area contributed by atoms with Crippen LogP contribution in [0, 0.1) is 12.7 Å². The Kier molecular flexibility index (Phi) is 2.91. The first kappa shape index (κ1) is 10.4. The molecule has 0 aliphatic carbocycles. The van der Waals surface area contributed by atoms with E-state index in [2.05, 4.69) is 17.1 Å². The summed E-state index contributed by atoms with van der Waals surface area (Å²) in [5.41, 5.74) is 1.79. The van der Waals surface area contributed by atoms with Crippen LogP contribution in [0.1, 0.15) is 12.5 Å². The van der Waals surface area contributed by atoms with E-state index in [1.165, 1.54) is 6.07 Å². The standard InChI is InChI=1S/C12H17FN2/c1-9-8-14-6-7-15(9)12-5-3-4-11(13)10(12)2/h3-5,9,14H,6-8H2,1-2H3. The molecule has 15 heavy (non-hydrogen) atoms. The quantitative estimate of drug-likeness (QED) is 0.758. The van der Waals surface area contributed by atoms with Crippen molar-refractivity contribution in [1.82, 2.24) is 5.32 Å². The molecular formula is C12H17FN2. The Morgan fingerprint density at radius 1 is 1.47 bits per heavy atom. The average molecular weight is 208 g/mol. The zero-order valence-corrected chi connectivity index (χ0v) is 9.26. The molecule has 82 valence electrons. The number of nitrogens with zero attached hydrogens (tertiary/aromatic N) is 1. The van der Waals surface area contributed by atoms with E-state index in [4.69, 9.17) is 0 Å². The van der Waals surface area contributed by atoms with Gasteiger partial charge in [0.15, 0.2) is 0 Å². The number of anilines is 1. The lowest BCUT2D eigenvalue weighted by Gasteiger charge is -2.36. The average Bonchev–Trinajstić information content (AvgIpc) is 2.23. The molecule has 2 nitrogen and oxygen atoms in total. The third kappa shape index (κ3) is 1.97. The van der Waals surface area contributed by atoms with Crippen LogP contribution in [0.15, 0.2) is 18.2 Å². The molecule has 0 saturated carbocycles. The fourth-order valence-corrected chi connectivity index (χ4v) is 2.11. The van der Waals surface area contributed by atoms with Crippen LogP contribution in [0.2, 0.25) is 0 Å². The molecule has 0 aromatic heterocycles. The predicted molar refractivity (Wildman–Crippen MR) is 60.8 cm³/mol. The van der Waals surface area contributed by atoms with E-state index in [1.807, 2.05) is 13.0 Å². The lowest BCUT2D eigenvalue weighted by molar-refractivity contribution is 0.498. The van der Waals surface area contributed by atoms with Gasteiger partial charge in [-0.2, -0.15) is 0 Å². The smallest absolute Gasteiger partial charge is 0.128 e. The molecule has 1 unspecified atom stereocenters. The van der Waals surface area contributed by atoms with Crippen LogP contribution in [0.4, 0.5) is 10.1 Å². The van der Waals surface area contributed by atoms with E-state index in [1.54, 1.807) is 6.07 Å². The van der Waals surface area contributed by atoms with Crippen molar-refractivity contribution < 1.29 is 4.39 Å². The van der Waals surface area contributed by atoms with Crippen molar-refractivity contribution >= 4 is 5.69 Å². The number of hydrogen-bond donors (Lipinski definition) is 1. The van der Waals surface area contributed by atoms with Gasteiger partial charge in [0.2, 0.25) is 0 Å². The zero-order valence-electron chi connectivity index (χ0n) is 9.26. The fraction of sp³-hybridized carbons (Fsp3) is 0.500. The second-order valence-electron chi connectivity index (χ2n) is 4.13. The molecule has 1 fully saturated rings. The maximum absolute atomic E-state index is 13.4. The summed E-state index contributed by atoms with van der Waals surface area (Å²) in [5.74, 6) is -0.113. The first-order chi connectivity index (χ1) is 7.20. The van der Waals surface area contributed by atoms with Gasteiger partial charge < -0.3 is 10.2 Å². The minimum absolute atomic E-state index is 0.113. The molecule has 2 rings (SSSR count). The van der Waals surface area contributed by atoms with Gasteiger partial charge in [-0.1, -0.05) is 6.07 Å². The Balaban J connectivity index is 2.31. The molecule has 1 N–H and O–H groups in total. The summed E-state index contributed by atoms with van der Waals surface area (Å²) in [4.78, 5) is 2.27. The zero-order chi connectivity index (χ0) is 10.8. The van der Waals surface area contributed by atoms with Crippen molar-refractivity contribution in [3.63, 3.8) is 0 Å². The number of halogens is 1. The van der Waals surface area contributed by atoms with E-state index in [9.17, 15) is 4.39 Å². The summed E-state index contributed by atoms with van der Waals surface area (Å²) < 4.78 is 13.4. The molecule has 1 saturated heterocycles. The van der Waals surface area contributed by atoms with E-state index >= 15 is 0 Å². The molecule has 1 aliphatic heterocycles. The minimum Gasteiger partial charge on any atom is -0.366 e. The minimum atomic E-state index is -0.113. The third-order valence-electron chi connectivity index (χ3n) is 3.05. The van der Waals surface area contributed by atoms with Gasteiger partial charge in [-0.3, -0.25) is 0 Å². The highest BCUT2D eigenvalue weighted by Crippen LogP contribution is 2.24. The third-order valence-corrected chi connectivity index (χ3v) is 3.05. The molecule has 1 heterocycles. The maximum atomic E-state index is 13.4. The van der Waals surface area contributed by atoms with Gasteiger partial charge in [-0.25, -0.2) is 4.39 Å². The number of nitrogens with one attached hydrogen (secondary N) is 1. The topological polar surface area (TPSA) is 15.3 Å². The molecule has 0 radical (unpaired) electrons. The molecule has 1 aromatic rings. The summed E-state index contributed by atoms with van der Waals surface area (Å²) >= 11 is 0. The highest BCUT2D eigenvalue weighted by Gasteiger charge is 2.20. The largest absolute Gasteiger partial charge is 0.366 e. The lowest BCUT2D eigenvalue weighted by atomic mass is 10.1. The first-order valence-electron chi connectivity index (χ1n) is 5.42. The number of hydrogen-bond acceptors (Lipinski definition) is 2.